The molecule has 2 rings (SSSR count). The van der Waals surface area contributed by atoms with Crippen LogP contribution in [0.1, 0.15) is 24.3 Å². The lowest BCUT2D eigenvalue weighted by atomic mass is 10.2. The first-order valence-corrected chi connectivity index (χ1v) is 5.47. The number of ether oxygens (including phenoxy) is 1. The molecule has 0 aliphatic carbocycles. The summed E-state index contributed by atoms with van der Waals surface area (Å²) in [6, 6.07) is 9.71. The van der Waals surface area contributed by atoms with Crippen LogP contribution in [0.4, 0.5) is 5.95 Å². The van der Waals surface area contributed by atoms with Crippen molar-refractivity contribution in [1.82, 2.24) is 9.97 Å². The summed E-state index contributed by atoms with van der Waals surface area (Å²) in [5, 5.41) is 0. The van der Waals surface area contributed by atoms with Crippen LogP contribution in [0.2, 0.25) is 0 Å². The molecule has 1 aromatic carbocycles. The van der Waals surface area contributed by atoms with Gasteiger partial charge in [-0.15, -0.1) is 0 Å². The first kappa shape index (κ1) is 11.4. The second-order valence-corrected chi connectivity index (χ2v) is 3.92. The van der Waals surface area contributed by atoms with Crippen LogP contribution in [-0.2, 0) is 0 Å². The van der Waals surface area contributed by atoms with Crippen LogP contribution >= 0.6 is 0 Å². The molecular weight excluding hydrogens is 214 g/mol. The number of hydrogen-bond donors (Lipinski definition) is 1. The first-order chi connectivity index (χ1) is 8.15. The minimum absolute atomic E-state index is 0.151. The quantitative estimate of drug-likeness (QED) is 0.878. The smallest absolute Gasteiger partial charge is 0.220 e. The average molecular weight is 229 g/mol. The van der Waals surface area contributed by atoms with E-state index in [1.165, 1.54) is 0 Å². The number of anilines is 1. The topological polar surface area (TPSA) is 61.0 Å². The van der Waals surface area contributed by atoms with Crippen LogP contribution < -0.4 is 10.5 Å². The molecule has 88 valence electrons. The minimum Gasteiger partial charge on any atom is -0.484 e. The Balaban J connectivity index is 2.14. The van der Waals surface area contributed by atoms with Crippen LogP contribution in [0.15, 0.2) is 36.5 Å². The number of rotatable bonds is 3. The van der Waals surface area contributed by atoms with Crippen molar-refractivity contribution in [2.45, 2.75) is 20.0 Å². The summed E-state index contributed by atoms with van der Waals surface area (Å²) in [5.41, 5.74) is 7.48. The highest BCUT2D eigenvalue weighted by molar-refractivity contribution is 5.28. The van der Waals surface area contributed by atoms with Gasteiger partial charge in [-0.1, -0.05) is 12.1 Å². The Labute approximate surface area is 100 Å². The Bertz CT molecular complexity index is 514. The van der Waals surface area contributed by atoms with E-state index in [9.17, 15) is 0 Å². The Hall–Kier alpha value is -2.10. The predicted molar refractivity (Wildman–Crippen MR) is 66.7 cm³/mol. The van der Waals surface area contributed by atoms with Crippen molar-refractivity contribution in [2.75, 3.05) is 5.73 Å². The predicted octanol–water partition coefficient (Wildman–Crippen LogP) is 2.51. The molecule has 0 saturated heterocycles. The van der Waals surface area contributed by atoms with Gasteiger partial charge < -0.3 is 10.5 Å². The molecule has 0 radical (unpaired) electrons. The Morgan fingerprint density at radius 1 is 1.29 bits per heavy atom. The summed E-state index contributed by atoms with van der Waals surface area (Å²) < 4.78 is 5.79. The molecule has 0 bridgehead atoms. The van der Waals surface area contributed by atoms with Gasteiger partial charge in [-0.3, -0.25) is 0 Å². The highest BCUT2D eigenvalue weighted by Crippen LogP contribution is 2.21. The van der Waals surface area contributed by atoms with Gasteiger partial charge >= 0.3 is 0 Å². The van der Waals surface area contributed by atoms with Gasteiger partial charge in [-0.2, -0.15) is 0 Å². The van der Waals surface area contributed by atoms with Crippen molar-refractivity contribution in [1.29, 1.82) is 0 Å². The van der Waals surface area contributed by atoms with Gasteiger partial charge in [-0.05, 0) is 37.6 Å². The number of benzene rings is 1. The van der Waals surface area contributed by atoms with Crippen LogP contribution in [0.5, 0.6) is 5.75 Å². The molecule has 0 spiro atoms. The van der Waals surface area contributed by atoms with E-state index in [2.05, 4.69) is 9.97 Å². The largest absolute Gasteiger partial charge is 0.484 e. The zero-order chi connectivity index (χ0) is 12.3. The number of aryl methyl sites for hydroxylation is 1. The molecule has 1 heterocycles. The molecule has 0 aliphatic heterocycles. The molecule has 4 heteroatoms. The molecule has 2 N–H and O–H groups in total. The third-order valence-corrected chi connectivity index (χ3v) is 2.41. The summed E-state index contributed by atoms with van der Waals surface area (Å²) >= 11 is 0. The van der Waals surface area contributed by atoms with E-state index in [0.29, 0.717) is 0 Å². The molecule has 1 atom stereocenters. The zero-order valence-electron chi connectivity index (χ0n) is 9.92. The molecule has 4 nitrogen and oxygen atoms in total. The summed E-state index contributed by atoms with van der Waals surface area (Å²) in [4.78, 5) is 7.99. The standard InChI is InChI=1S/C13H15N3O/c1-9-4-3-5-11(8-9)17-10(2)12-6-7-15-13(14)16-12/h3-8,10H,1-2H3,(H2,14,15,16)/t10-/m1/s1. The normalized spacial score (nSPS) is 12.1. The number of aromatic nitrogens is 2. The third kappa shape index (κ3) is 2.93. The molecule has 17 heavy (non-hydrogen) atoms. The van der Waals surface area contributed by atoms with Gasteiger partial charge in [0.15, 0.2) is 0 Å². The summed E-state index contributed by atoms with van der Waals surface area (Å²) in [5.74, 6) is 1.09. The number of nitrogens with two attached hydrogens (primary N) is 1. The number of nitrogen functional groups attached to an aromatic ring is 1. The van der Waals surface area contributed by atoms with E-state index in [0.717, 1.165) is 17.0 Å². The fourth-order valence-electron chi connectivity index (χ4n) is 1.57. The van der Waals surface area contributed by atoms with E-state index in [1.54, 1.807) is 12.3 Å². The summed E-state index contributed by atoms with van der Waals surface area (Å²) in [7, 11) is 0. The van der Waals surface area contributed by atoms with Crippen molar-refractivity contribution in [3.05, 3.63) is 47.8 Å². The molecule has 0 saturated carbocycles. The lowest BCUT2D eigenvalue weighted by Gasteiger charge is -2.14. The summed E-state index contributed by atoms with van der Waals surface area (Å²) in [6.07, 6.45) is 1.48. The molecule has 2 aromatic rings. The molecule has 0 unspecified atom stereocenters. The second kappa shape index (κ2) is 4.82. The first-order valence-electron chi connectivity index (χ1n) is 5.47. The van der Waals surface area contributed by atoms with Crippen LogP contribution in [0.3, 0.4) is 0 Å². The highest BCUT2D eigenvalue weighted by atomic mass is 16.5. The van der Waals surface area contributed by atoms with E-state index in [1.807, 2.05) is 38.1 Å². The van der Waals surface area contributed by atoms with Gasteiger partial charge in [0.05, 0.1) is 5.69 Å². The fourth-order valence-corrected chi connectivity index (χ4v) is 1.57. The van der Waals surface area contributed by atoms with Gasteiger partial charge in [-0.25, -0.2) is 9.97 Å². The van der Waals surface area contributed by atoms with Crippen LogP contribution in [0.25, 0.3) is 0 Å². The van der Waals surface area contributed by atoms with E-state index < -0.39 is 0 Å². The second-order valence-electron chi connectivity index (χ2n) is 3.92. The lowest BCUT2D eigenvalue weighted by Crippen LogP contribution is -2.07. The molecule has 0 fully saturated rings. The van der Waals surface area contributed by atoms with Gasteiger partial charge in [0.25, 0.3) is 0 Å². The van der Waals surface area contributed by atoms with Gasteiger partial charge in [0.1, 0.15) is 11.9 Å². The van der Waals surface area contributed by atoms with Gasteiger partial charge in [0, 0.05) is 6.20 Å². The van der Waals surface area contributed by atoms with Crippen molar-refractivity contribution < 1.29 is 4.74 Å². The van der Waals surface area contributed by atoms with Crippen molar-refractivity contribution in [3.8, 4) is 5.75 Å². The van der Waals surface area contributed by atoms with Crippen molar-refractivity contribution in [2.24, 2.45) is 0 Å². The lowest BCUT2D eigenvalue weighted by molar-refractivity contribution is 0.222. The maximum atomic E-state index is 5.79. The fraction of sp³-hybridized carbons (Fsp3) is 0.231. The minimum atomic E-state index is -0.151. The molecule has 0 aliphatic rings. The van der Waals surface area contributed by atoms with Gasteiger partial charge in [0.2, 0.25) is 5.95 Å². The van der Waals surface area contributed by atoms with E-state index in [4.69, 9.17) is 10.5 Å². The van der Waals surface area contributed by atoms with E-state index in [-0.39, 0.29) is 12.1 Å². The van der Waals surface area contributed by atoms with Crippen molar-refractivity contribution >= 4 is 5.95 Å². The van der Waals surface area contributed by atoms with Crippen molar-refractivity contribution in [3.63, 3.8) is 0 Å². The number of hydrogen-bond acceptors (Lipinski definition) is 4. The summed E-state index contributed by atoms with van der Waals surface area (Å²) in [6.45, 7) is 3.96. The Morgan fingerprint density at radius 3 is 2.82 bits per heavy atom. The maximum Gasteiger partial charge on any atom is 0.220 e. The molecular formula is C13H15N3O. The monoisotopic (exact) mass is 229 g/mol. The molecule has 1 aromatic heterocycles. The molecule has 0 amide bonds. The average Bonchev–Trinajstić information content (AvgIpc) is 2.29. The number of nitrogens with zero attached hydrogens (tertiary/aromatic N) is 2. The zero-order valence-corrected chi connectivity index (χ0v) is 9.92. The third-order valence-electron chi connectivity index (χ3n) is 2.41. The highest BCUT2D eigenvalue weighted by Gasteiger charge is 2.09. The Kier molecular flexibility index (Phi) is 3.23. The van der Waals surface area contributed by atoms with Crippen LogP contribution in [0, 0.1) is 6.92 Å². The maximum absolute atomic E-state index is 5.79. The Morgan fingerprint density at radius 2 is 2.12 bits per heavy atom. The van der Waals surface area contributed by atoms with E-state index >= 15 is 0 Å². The van der Waals surface area contributed by atoms with Crippen LogP contribution in [-0.4, -0.2) is 9.97 Å². The SMILES string of the molecule is Cc1cccc(O[C@H](C)c2ccnc(N)n2)c1.